The Morgan fingerprint density at radius 2 is 2.06 bits per heavy atom. The number of aryl methyl sites for hydroxylation is 2. The van der Waals surface area contributed by atoms with Gasteiger partial charge in [0.2, 0.25) is 0 Å². The van der Waals surface area contributed by atoms with Crippen LogP contribution in [0, 0.1) is 12.8 Å². The van der Waals surface area contributed by atoms with Crippen LogP contribution in [0.2, 0.25) is 0 Å². The maximum atomic E-state index is 13.4. The maximum absolute atomic E-state index is 13.4. The van der Waals surface area contributed by atoms with E-state index < -0.39 is 0 Å². The molecule has 164 valence electrons. The number of aromatic nitrogens is 1. The average molecular weight is 421 g/mol. The summed E-state index contributed by atoms with van der Waals surface area (Å²) < 4.78 is 5.67. The fraction of sp³-hybridized carbons (Fsp3) is 0.423. The van der Waals surface area contributed by atoms with Gasteiger partial charge in [0, 0.05) is 25.1 Å². The predicted molar refractivity (Wildman–Crippen MR) is 123 cm³/mol. The number of nitrogens with one attached hydrogen (secondary N) is 1. The first-order valence-corrected chi connectivity index (χ1v) is 11.0. The number of carbonyl (C=O) groups is 2. The summed E-state index contributed by atoms with van der Waals surface area (Å²) in [5, 5.41) is 2.87. The van der Waals surface area contributed by atoms with Crippen LogP contribution in [0.25, 0.3) is 5.57 Å². The molecule has 1 heterocycles. The Balaban J connectivity index is 1.77. The van der Waals surface area contributed by atoms with Crippen LogP contribution in [-0.4, -0.2) is 30.3 Å². The third-order valence-electron chi connectivity index (χ3n) is 5.99. The van der Waals surface area contributed by atoms with Crippen LogP contribution in [0.3, 0.4) is 0 Å². The third-order valence-corrected chi connectivity index (χ3v) is 5.99. The molecule has 0 spiro atoms. The Labute approximate surface area is 184 Å². The molecular weight excluding hydrogens is 388 g/mol. The summed E-state index contributed by atoms with van der Waals surface area (Å²) in [4.78, 5) is 29.7. The van der Waals surface area contributed by atoms with Crippen molar-refractivity contribution in [1.82, 2.24) is 10.3 Å². The molecule has 1 aliphatic carbocycles. The van der Waals surface area contributed by atoms with Crippen molar-refractivity contribution in [3.63, 3.8) is 0 Å². The normalized spacial score (nSPS) is 16.2. The van der Waals surface area contributed by atoms with Gasteiger partial charge >= 0.3 is 0 Å². The number of carbonyl (C=O) groups excluding carboxylic acids is 2. The number of allylic oxidation sites excluding steroid dienone is 2. The van der Waals surface area contributed by atoms with Crippen LogP contribution in [0.4, 0.5) is 0 Å². The fourth-order valence-electron chi connectivity index (χ4n) is 4.25. The summed E-state index contributed by atoms with van der Waals surface area (Å²) in [6.07, 6.45) is 3.58. The van der Waals surface area contributed by atoms with Gasteiger partial charge < -0.3 is 10.1 Å². The minimum absolute atomic E-state index is 0.110. The SMILES string of the molecule is CCc1cc(C(C)C)cc(C)c1C1=C(OC)CC(CCNC(=O)c2ccccn2)C1=O. The van der Waals surface area contributed by atoms with Gasteiger partial charge in [-0.1, -0.05) is 39.0 Å². The summed E-state index contributed by atoms with van der Waals surface area (Å²) in [5.74, 6) is 0.881. The number of nitrogens with zero attached hydrogens (tertiary/aromatic N) is 1. The van der Waals surface area contributed by atoms with Gasteiger partial charge in [0.05, 0.1) is 12.7 Å². The van der Waals surface area contributed by atoms with E-state index in [0.717, 1.165) is 23.3 Å². The topological polar surface area (TPSA) is 68.3 Å². The van der Waals surface area contributed by atoms with Gasteiger partial charge in [-0.05, 0) is 60.1 Å². The van der Waals surface area contributed by atoms with Gasteiger partial charge in [-0.3, -0.25) is 14.6 Å². The molecule has 2 aromatic rings. The summed E-state index contributed by atoms with van der Waals surface area (Å²) in [7, 11) is 1.64. The minimum atomic E-state index is -0.223. The molecule has 1 unspecified atom stereocenters. The monoisotopic (exact) mass is 420 g/mol. The number of methoxy groups -OCH3 is 1. The summed E-state index contributed by atoms with van der Waals surface area (Å²) in [6, 6.07) is 9.64. The van der Waals surface area contributed by atoms with Crippen molar-refractivity contribution >= 4 is 17.3 Å². The highest BCUT2D eigenvalue weighted by molar-refractivity contribution is 6.25. The highest BCUT2D eigenvalue weighted by Crippen LogP contribution is 2.40. The Morgan fingerprint density at radius 3 is 2.68 bits per heavy atom. The first-order chi connectivity index (χ1) is 14.9. The number of benzene rings is 1. The smallest absolute Gasteiger partial charge is 0.269 e. The average Bonchev–Trinajstić information content (AvgIpc) is 3.08. The van der Waals surface area contributed by atoms with Crippen molar-refractivity contribution < 1.29 is 14.3 Å². The van der Waals surface area contributed by atoms with Gasteiger partial charge in [0.15, 0.2) is 5.78 Å². The van der Waals surface area contributed by atoms with Crippen LogP contribution in [0.5, 0.6) is 0 Å². The maximum Gasteiger partial charge on any atom is 0.269 e. The van der Waals surface area contributed by atoms with Crippen molar-refractivity contribution in [1.29, 1.82) is 0 Å². The molecule has 5 heteroatoms. The Kier molecular flexibility index (Phi) is 7.26. The van der Waals surface area contributed by atoms with Crippen molar-refractivity contribution in [3.05, 3.63) is 70.2 Å². The molecule has 0 saturated carbocycles. The lowest BCUT2D eigenvalue weighted by Gasteiger charge is -2.18. The summed E-state index contributed by atoms with van der Waals surface area (Å²) >= 11 is 0. The zero-order valence-corrected chi connectivity index (χ0v) is 19.1. The van der Waals surface area contributed by atoms with Gasteiger partial charge in [-0.2, -0.15) is 0 Å². The number of hydrogen-bond acceptors (Lipinski definition) is 4. The number of amides is 1. The lowest BCUT2D eigenvalue weighted by atomic mass is 9.86. The molecular formula is C26H32N2O3. The van der Waals surface area contributed by atoms with Gasteiger partial charge in [0.25, 0.3) is 5.91 Å². The second-order valence-electron chi connectivity index (χ2n) is 8.41. The molecule has 1 atom stereocenters. The van der Waals surface area contributed by atoms with E-state index in [1.807, 2.05) is 0 Å². The summed E-state index contributed by atoms with van der Waals surface area (Å²) in [5.41, 5.74) is 5.71. The number of hydrogen-bond donors (Lipinski definition) is 1. The standard InChI is InChI=1S/C26H32N2O3/c1-6-18-14-20(16(2)3)13-17(4)23(18)24-22(31-5)15-19(25(24)29)10-12-28-26(30)21-9-7-8-11-27-21/h7-9,11,13-14,16,19H,6,10,12,15H2,1-5H3,(H,28,30). The molecule has 1 aromatic carbocycles. The van der Waals surface area contributed by atoms with Crippen molar-refractivity contribution in [3.8, 4) is 0 Å². The zero-order chi connectivity index (χ0) is 22.5. The first kappa shape index (κ1) is 22.7. The second kappa shape index (κ2) is 9.90. The van der Waals surface area contributed by atoms with E-state index in [2.05, 4.69) is 50.1 Å². The molecule has 0 radical (unpaired) electrons. The van der Waals surface area contributed by atoms with Crippen LogP contribution in [0.1, 0.15) is 72.3 Å². The molecule has 0 bridgehead atoms. The molecule has 0 aliphatic heterocycles. The first-order valence-electron chi connectivity index (χ1n) is 11.0. The van der Waals surface area contributed by atoms with Gasteiger partial charge in [-0.15, -0.1) is 0 Å². The highest BCUT2D eigenvalue weighted by atomic mass is 16.5. The molecule has 1 aliphatic rings. The molecule has 3 rings (SSSR count). The quantitative estimate of drug-likeness (QED) is 0.663. The van der Waals surface area contributed by atoms with E-state index in [1.165, 1.54) is 11.1 Å². The summed E-state index contributed by atoms with van der Waals surface area (Å²) in [6.45, 7) is 8.99. The van der Waals surface area contributed by atoms with Gasteiger partial charge in [0.1, 0.15) is 11.5 Å². The van der Waals surface area contributed by atoms with E-state index in [0.29, 0.717) is 36.6 Å². The van der Waals surface area contributed by atoms with Crippen molar-refractivity contribution in [2.24, 2.45) is 5.92 Å². The van der Waals surface area contributed by atoms with Crippen LogP contribution in [0.15, 0.2) is 42.3 Å². The van der Waals surface area contributed by atoms with Crippen LogP contribution in [-0.2, 0) is 16.0 Å². The number of rotatable bonds is 8. The lowest BCUT2D eigenvalue weighted by Crippen LogP contribution is -2.27. The highest BCUT2D eigenvalue weighted by Gasteiger charge is 2.36. The predicted octanol–water partition coefficient (Wildman–Crippen LogP) is 4.84. The molecule has 1 aromatic heterocycles. The minimum Gasteiger partial charge on any atom is -0.500 e. The number of Topliss-reactive ketones (excluding diaryl/α,β-unsaturated/α-hetero) is 1. The van der Waals surface area contributed by atoms with Gasteiger partial charge in [-0.25, -0.2) is 0 Å². The van der Waals surface area contributed by atoms with Crippen LogP contribution >= 0.6 is 0 Å². The van der Waals surface area contributed by atoms with E-state index >= 15 is 0 Å². The fourth-order valence-corrected chi connectivity index (χ4v) is 4.25. The molecule has 0 fully saturated rings. The lowest BCUT2D eigenvalue weighted by molar-refractivity contribution is -0.116. The molecule has 1 amide bonds. The van der Waals surface area contributed by atoms with Crippen molar-refractivity contribution in [2.75, 3.05) is 13.7 Å². The van der Waals surface area contributed by atoms with E-state index in [9.17, 15) is 9.59 Å². The Bertz CT molecular complexity index is 993. The van der Waals surface area contributed by atoms with E-state index in [1.54, 1.807) is 31.5 Å². The molecule has 0 saturated heterocycles. The van der Waals surface area contributed by atoms with E-state index in [-0.39, 0.29) is 17.6 Å². The molecule has 1 N–H and O–H groups in total. The molecule has 5 nitrogen and oxygen atoms in total. The van der Waals surface area contributed by atoms with Crippen molar-refractivity contribution in [2.45, 2.75) is 52.9 Å². The Hall–Kier alpha value is -2.95. The second-order valence-corrected chi connectivity index (χ2v) is 8.41. The zero-order valence-electron chi connectivity index (χ0n) is 19.1. The Morgan fingerprint density at radius 1 is 1.29 bits per heavy atom. The van der Waals surface area contributed by atoms with Crippen LogP contribution < -0.4 is 5.32 Å². The number of pyridine rings is 1. The largest absolute Gasteiger partial charge is 0.500 e. The number of ketones is 1. The number of ether oxygens (including phenoxy) is 1. The third kappa shape index (κ3) is 4.87. The van der Waals surface area contributed by atoms with E-state index in [4.69, 9.17) is 4.74 Å². The molecule has 31 heavy (non-hydrogen) atoms.